The van der Waals surface area contributed by atoms with Crippen molar-refractivity contribution in [1.29, 1.82) is 0 Å². The van der Waals surface area contributed by atoms with E-state index < -0.39 is 0 Å². The topological polar surface area (TPSA) is 87.3 Å². The van der Waals surface area contributed by atoms with Crippen LogP contribution in [0.25, 0.3) is 0 Å². The van der Waals surface area contributed by atoms with Crippen LogP contribution in [-0.4, -0.2) is 30.8 Å². The second-order valence-electron chi connectivity index (χ2n) is 6.22. The lowest BCUT2D eigenvalue weighted by molar-refractivity contribution is -0.116. The van der Waals surface area contributed by atoms with Gasteiger partial charge in [-0.15, -0.1) is 0 Å². The predicted octanol–water partition coefficient (Wildman–Crippen LogP) is 3.63. The lowest BCUT2D eigenvalue weighted by atomic mass is 10.1. The highest BCUT2D eigenvalue weighted by Crippen LogP contribution is 2.15. The second-order valence-corrected chi connectivity index (χ2v) is 6.65. The van der Waals surface area contributed by atoms with Crippen LogP contribution in [0.3, 0.4) is 0 Å². The van der Waals surface area contributed by atoms with Gasteiger partial charge in [-0.05, 0) is 49.2 Å². The predicted molar refractivity (Wildman–Crippen MR) is 111 cm³/mol. The Balaban J connectivity index is 1.79. The summed E-state index contributed by atoms with van der Waals surface area (Å²) in [5, 5.41) is 8.90. The number of para-hydroxylation sites is 1. The van der Waals surface area contributed by atoms with Gasteiger partial charge in [-0.25, -0.2) is 0 Å². The van der Waals surface area contributed by atoms with Crippen LogP contribution in [0.2, 0.25) is 5.02 Å². The first-order valence-corrected chi connectivity index (χ1v) is 9.60. The summed E-state index contributed by atoms with van der Waals surface area (Å²) in [5.41, 5.74) is 1.42. The summed E-state index contributed by atoms with van der Waals surface area (Å²) in [6, 6.07) is 13.5. The molecular weight excluding hydrogens is 378 g/mol. The summed E-state index contributed by atoms with van der Waals surface area (Å²) in [7, 11) is 0. The Hall–Kier alpha value is -2.86. The number of carbonyl (C=O) groups is 3. The molecule has 0 aliphatic rings. The molecule has 6 nitrogen and oxygen atoms in total. The molecule has 28 heavy (non-hydrogen) atoms. The molecule has 0 radical (unpaired) electrons. The van der Waals surface area contributed by atoms with Gasteiger partial charge in [0.15, 0.2) is 0 Å². The van der Waals surface area contributed by atoms with Gasteiger partial charge < -0.3 is 16.0 Å². The van der Waals surface area contributed by atoms with E-state index in [2.05, 4.69) is 16.0 Å². The van der Waals surface area contributed by atoms with Crippen LogP contribution in [-0.2, 0) is 4.79 Å². The maximum atomic E-state index is 12.2. The van der Waals surface area contributed by atoms with Gasteiger partial charge in [0.25, 0.3) is 11.8 Å². The van der Waals surface area contributed by atoms with Crippen molar-refractivity contribution >= 4 is 35.0 Å². The Morgan fingerprint density at radius 1 is 0.893 bits per heavy atom. The molecule has 0 aliphatic carbocycles. The van der Waals surface area contributed by atoms with Crippen molar-refractivity contribution < 1.29 is 14.4 Å². The molecule has 0 atom stereocenters. The molecule has 2 aromatic carbocycles. The minimum Gasteiger partial charge on any atom is -0.352 e. The first-order chi connectivity index (χ1) is 13.5. The standard InChI is InChI=1S/C21H24ClN3O3/c1-2-13-23-21(28)17-6-3-4-7-18(17)25-19(26)8-5-14-24-20(27)15-9-11-16(22)12-10-15/h3-4,6-7,9-12H,2,5,8,13-14H2,1H3,(H,23,28)(H,24,27)(H,25,26). The van der Waals surface area contributed by atoms with Crippen molar-refractivity contribution in [1.82, 2.24) is 10.6 Å². The van der Waals surface area contributed by atoms with E-state index in [9.17, 15) is 14.4 Å². The molecule has 0 spiro atoms. The van der Waals surface area contributed by atoms with Crippen LogP contribution in [0.5, 0.6) is 0 Å². The molecule has 0 saturated heterocycles. The maximum Gasteiger partial charge on any atom is 0.253 e. The Morgan fingerprint density at radius 3 is 2.29 bits per heavy atom. The van der Waals surface area contributed by atoms with Gasteiger partial charge in [-0.3, -0.25) is 14.4 Å². The fraction of sp³-hybridized carbons (Fsp3) is 0.286. The van der Waals surface area contributed by atoms with Crippen LogP contribution in [0.4, 0.5) is 5.69 Å². The molecule has 7 heteroatoms. The summed E-state index contributed by atoms with van der Waals surface area (Å²) < 4.78 is 0. The van der Waals surface area contributed by atoms with Crippen molar-refractivity contribution in [3.05, 3.63) is 64.7 Å². The number of nitrogens with one attached hydrogen (secondary N) is 3. The number of anilines is 1. The third-order valence-corrected chi connectivity index (χ3v) is 4.21. The van der Waals surface area contributed by atoms with Crippen molar-refractivity contribution in [3.63, 3.8) is 0 Å². The van der Waals surface area contributed by atoms with E-state index in [0.717, 1.165) is 6.42 Å². The fourth-order valence-electron chi connectivity index (χ4n) is 2.49. The normalized spacial score (nSPS) is 10.2. The lowest BCUT2D eigenvalue weighted by Crippen LogP contribution is -2.26. The average molecular weight is 402 g/mol. The highest BCUT2D eigenvalue weighted by molar-refractivity contribution is 6.30. The Labute approximate surface area is 169 Å². The molecule has 0 fully saturated rings. The summed E-state index contributed by atoms with van der Waals surface area (Å²) >= 11 is 5.80. The zero-order chi connectivity index (χ0) is 20.4. The van der Waals surface area contributed by atoms with Gasteiger partial charge in [0.2, 0.25) is 5.91 Å². The minimum atomic E-state index is -0.215. The van der Waals surface area contributed by atoms with Gasteiger partial charge in [-0.1, -0.05) is 30.7 Å². The molecule has 148 valence electrons. The van der Waals surface area contributed by atoms with Crippen molar-refractivity contribution in [2.24, 2.45) is 0 Å². The van der Waals surface area contributed by atoms with Crippen LogP contribution in [0.15, 0.2) is 48.5 Å². The molecular formula is C21H24ClN3O3. The molecule has 2 aromatic rings. The molecule has 0 unspecified atom stereocenters. The second kappa shape index (κ2) is 11.1. The van der Waals surface area contributed by atoms with Crippen LogP contribution < -0.4 is 16.0 Å². The molecule has 0 heterocycles. The maximum absolute atomic E-state index is 12.2. The highest BCUT2D eigenvalue weighted by Gasteiger charge is 2.12. The number of carbonyl (C=O) groups excluding carboxylic acids is 3. The van der Waals surface area contributed by atoms with E-state index in [0.29, 0.717) is 41.3 Å². The number of benzene rings is 2. The summed E-state index contributed by atoms with van der Waals surface area (Å²) in [4.78, 5) is 36.4. The summed E-state index contributed by atoms with van der Waals surface area (Å²) in [5.74, 6) is -0.639. The van der Waals surface area contributed by atoms with E-state index in [1.807, 2.05) is 6.92 Å². The van der Waals surface area contributed by atoms with E-state index >= 15 is 0 Å². The largest absolute Gasteiger partial charge is 0.352 e. The number of halogens is 1. The van der Waals surface area contributed by atoms with Gasteiger partial charge in [0, 0.05) is 30.1 Å². The number of hydrogen-bond acceptors (Lipinski definition) is 3. The van der Waals surface area contributed by atoms with Crippen molar-refractivity contribution in [3.8, 4) is 0 Å². The monoisotopic (exact) mass is 401 g/mol. The molecule has 3 N–H and O–H groups in total. The van der Waals surface area contributed by atoms with Gasteiger partial charge >= 0.3 is 0 Å². The zero-order valence-electron chi connectivity index (χ0n) is 15.8. The Morgan fingerprint density at radius 2 is 1.57 bits per heavy atom. The van der Waals surface area contributed by atoms with Gasteiger partial charge in [0.1, 0.15) is 0 Å². The van der Waals surface area contributed by atoms with Crippen LogP contribution >= 0.6 is 11.6 Å². The quantitative estimate of drug-likeness (QED) is 0.561. The molecule has 0 aliphatic heterocycles. The summed E-state index contributed by atoms with van der Waals surface area (Å²) in [6.07, 6.45) is 1.54. The molecule has 0 bridgehead atoms. The smallest absolute Gasteiger partial charge is 0.253 e. The Bertz CT molecular complexity index is 822. The van der Waals surface area contributed by atoms with Gasteiger partial charge in [-0.2, -0.15) is 0 Å². The highest BCUT2D eigenvalue weighted by atomic mass is 35.5. The number of hydrogen-bond donors (Lipinski definition) is 3. The van der Waals surface area contributed by atoms with Crippen LogP contribution in [0, 0.1) is 0 Å². The van der Waals surface area contributed by atoms with E-state index in [1.54, 1.807) is 48.5 Å². The van der Waals surface area contributed by atoms with E-state index in [4.69, 9.17) is 11.6 Å². The minimum absolute atomic E-state index is 0.212. The molecule has 0 aromatic heterocycles. The van der Waals surface area contributed by atoms with Crippen LogP contribution in [0.1, 0.15) is 46.9 Å². The van der Waals surface area contributed by atoms with Gasteiger partial charge in [0.05, 0.1) is 11.3 Å². The van der Waals surface area contributed by atoms with E-state index in [1.165, 1.54) is 0 Å². The third-order valence-electron chi connectivity index (χ3n) is 3.95. The average Bonchev–Trinajstić information content (AvgIpc) is 2.70. The first kappa shape index (κ1) is 21.4. The SMILES string of the molecule is CCCNC(=O)c1ccccc1NC(=O)CCCNC(=O)c1ccc(Cl)cc1. The number of amides is 3. The van der Waals surface area contributed by atoms with Crippen molar-refractivity contribution in [2.45, 2.75) is 26.2 Å². The molecule has 0 saturated carbocycles. The summed E-state index contributed by atoms with van der Waals surface area (Å²) in [6.45, 7) is 2.92. The third kappa shape index (κ3) is 6.70. The fourth-order valence-corrected chi connectivity index (χ4v) is 2.62. The number of rotatable bonds is 9. The van der Waals surface area contributed by atoms with Crippen molar-refractivity contribution in [2.75, 3.05) is 18.4 Å². The zero-order valence-corrected chi connectivity index (χ0v) is 16.5. The molecule has 3 amide bonds. The molecule has 2 rings (SSSR count). The van der Waals surface area contributed by atoms with E-state index in [-0.39, 0.29) is 24.1 Å². The lowest BCUT2D eigenvalue weighted by Gasteiger charge is -2.11. The first-order valence-electron chi connectivity index (χ1n) is 9.22. The Kier molecular flexibility index (Phi) is 8.49.